The van der Waals surface area contributed by atoms with E-state index in [1.807, 2.05) is 72.9 Å². The third-order valence-corrected chi connectivity index (χ3v) is 5.65. The van der Waals surface area contributed by atoms with Crippen molar-refractivity contribution >= 4 is 23.5 Å². The van der Waals surface area contributed by atoms with E-state index in [0.29, 0.717) is 5.02 Å². The van der Waals surface area contributed by atoms with Crippen molar-refractivity contribution in [3.8, 4) is 28.2 Å². The van der Waals surface area contributed by atoms with Crippen LogP contribution >= 0.6 is 11.6 Å². The van der Waals surface area contributed by atoms with Crippen LogP contribution in [-0.4, -0.2) is 10.8 Å². The van der Waals surface area contributed by atoms with Gasteiger partial charge in [0.05, 0.1) is 23.3 Å². The summed E-state index contributed by atoms with van der Waals surface area (Å²) < 4.78 is 2.27. The van der Waals surface area contributed by atoms with Gasteiger partial charge < -0.3 is 4.57 Å². The number of hydrogen-bond donors (Lipinski definition) is 1. The maximum Gasteiger partial charge on any atom is 0.0623 e. The summed E-state index contributed by atoms with van der Waals surface area (Å²) in [7, 11) is 0. The van der Waals surface area contributed by atoms with Crippen LogP contribution in [0.1, 0.15) is 5.56 Å². The lowest BCUT2D eigenvalue weighted by molar-refractivity contribution is 1.09. The third-order valence-electron chi connectivity index (χ3n) is 5.40. The zero-order chi connectivity index (χ0) is 22.5. The molecule has 0 aliphatic carbocycles. The second kappa shape index (κ2) is 9.60. The second-order valence-corrected chi connectivity index (χ2v) is 8.05. The Morgan fingerprint density at radius 1 is 0.667 bits per heavy atom. The van der Waals surface area contributed by atoms with Crippen molar-refractivity contribution in [1.29, 1.82) is 0 Å². The fourth-order valence-corrected chi connectivity index (χ4v) is 4.01. The van der Waals surface area contributed by atoms with Crippen LogP contribution in [0.25, 0.3) is 28.2 Å². The number of aromatic nitrogens is 1. The van der Waals surface area contributed by atoms with Crippen LogP contribution in [0.5, 0.6) is 0 Å². The zero-order valence-corrected chi connectivity index (χ0v) is 18.7. The highest BCUT2D eigenvalue weighted by molar-refractivity contribution is 6.30. The maximum absolute atomic E-state index is 6.21. The highest BCUT2D eigenvalue weighted by atomic mass is 35.5. The molecule has 0 atom stereocenters. The van der Waals surface area contributed by atoms with Gasteiger partial charge in [0.2, 0.25) is 0 Å². The standard InChI is InChI=1S/C29H22ClN3/c30-25-16-18-27(19-17-25)33-28(22-10-4-1-5-11-22)20-24(29(33)23-12-6-2-7-13-23)21-31-32-26-14-8-3-9-15-26/h1-21,32H/b31-21+. The Morgan fingerprint density at radius 2 is 1.24 bits per heavy atom. The van der Waals surface area contributed by atoms with Crippen molar-refractivity contribution in [2.75, 3.05) is 5.43 Å². The molecule has 5 rings (SSSR count). The first-order chi connectivity index (χ1) is 16.3. The molecule has 1 N–H and O–H groups in total. The van der Waals surface area contributed by atoms with Crippen molar-refractivity contribution in [3.05, 3.63) is 132 Å². The number of benzene rings is 4. The van der Waals surface area contributed by atoms with Crippen LogP contribution < -0.4 is 5.43 Å². The summed E-state index contributed by atoms with van der Waals surface area (Å²) in [6, 6.07) is 40.8. The van der Waals surface area contributed by atoms with Gasteiger partial charge in [-0.25, -0.2) is 0 Å². The van der Waals surface area contributed by atoms with E-state index in [0.717, 1.165) is 39.5 Å². The molecule has 5 aromatic rings. The van der Waals surface area contributed by atoms with E-state index in [4.69, 9.17) is 11.6 Å². The van der Waals surface area contributed by atoms with Crippen LogP contribution in [0.3, 0.4) is 0 Å². The van der Waals surface area contributed by atoms with Crippen LogP contribution in [0.4, 0.5) is 5.69 Å². The van der Waals surface area contributed by atoms with Gasteiger partial charge in [-0.1, -0.05) is 90.5 Å². The van der Waals surface area contributed by atoms with Gasteiger partial charge in [0.1, 0.15) is 0 Å². The number of nitrogens with zero attached hydrogens (tertiary/aromatic N) is 2. The second-order valence-electron chi connectivity index (χ2n) is 7.61. The highest BCUT2D eigenvalue weighted by Crippen LogP contribution is 2.35. The number of halogens is 1. The minimum absolute atomic E-state index is 0.710. The molecule has 0 saturated carbocycles. The molecule has 160 valence electrons. The Balaban J connectivity index is 1.70. The molecule has 4 aromatic carbocycles. The minimum atomic E-state index is 0.710. The molecule has 0 aliphatic heterocycles. The first kappa shape index (κ1) is 20.8. The van der Waals surface area contributed by atoms with Crippen LogP contribution in [0.2, 0.25) is 5.02 Å². The van der Waals surface area contributed by atoms with Gasteiger partial charge in [-0.3, -0.25) is 5.43 Å². The van der Waals surface area contributed by atoms with Gasteiger partial charge in [-0.2, -0.15) is 5.10 Å². The molecule has 3 nitrogen and oxygen atoms in total. The van der Waals surface area contributed by atoms with E-state index in [-0.39, 0.29) is 0 Å². The number of para-hydroxylation sites is 1. The van der Waals surface area contributed by atoms with E-state index >= 15 is 0 Å². The molecule has 1 aromatic heterocycles. The van der Waals surface area contributed by atoms with E-state index < -0.39 is 0 Å². The topological polar surface area (TPSA) is 29.3 Å². The Hall–Kier alpha value is -4.08. The Labute approximate surface area is 198 Å². The van der Waals surface area contributed by atoms with Crippen molar-refractivity contribution in [1.82, 2.24) is 4.57 Å². The average molecular weight is 448 g/mol. The smallest absolute Gasteiger partial charge is 0.0623 e. The highest BCUT2D eigenvalue weighted by Gasteiger charge is 2.18. The average Bonchev–Trinajstić information content (AvgIpc) is 3.26. The fraction of sp³-hybridized carbons (Fsp3) is 0. The molecule has 0 bridgehead atoms. The molecule has 0 fully saturated rings. The summed E-state index contributed by atoms with van der Waals surface area (Å²) in [6.07, 6.45) is 1.88. The summed E-state index contributed by atoms with van der Waals surface area (Å²) in [5.41, 5.74) is 10.5. The summed E-state index contributed by atoms with van der Waals surface area (Å²) in [6.45, 7) is 0. The van der Waals surface area contributed by atoms with Gasteiger partial charge in [-0.05, 0) is 53.6 Å². The number of anilines is 1. The van der Waals surface area contributed by atoms with Gasteiger partial charge in [-0.15, -0.1) is 0 Å². The lowest BCUT2D eigenvalue weighted by atomic mass is 10.1. The van der Waals surface area contributed by atoms with E-state index in [1.165, 1.54) is 0 Å². The molecule has 1 heterocycles. The predicted octanol–water partition coefficient (Wildman–Crippen LogP) is 7.91. The van der Waals surface area contributed by atoms with E-state index in [1.54, 1.807) is 0 Å². The van der Waals surface area contributed by atoms with Gasteiger partial charge in [0.15, 0.2) is 0 Å². The van der Waals surface area contributed by atoms with Crippen molar-refractivity contribution < 1.29 is 0 Å². The molecule has 0 unspecified atom stereocenters. The summed E-state index contributed by atoms with van der Waals surface area (Å²) in [5.74, 6) is 0. The number of rotatable bonds is 6. The number of hydrazone groups is 1. The Bertz CT molecular complexity index is 1360. The first-order valence-corrected chi connectivity index (χ1v) is 11.1. The fourth-order valence-electron chi connectivity index (χ4n) is 3.89. The van der Waals surface area contributed by atoms with Crippen LogP contribution in [0.15, 0.2) is 126 Å². The molecule has 0 spiro atoms. The molecule has 0 amide bonds. The van der Waals surface area contributed by atoms with Crippen LogP contribution in [0, 0.1) is 0 Å². The normalized spacial score (nSPS) is 11.1. The SMILES string of the molecule is Clc1ccc(-n2c(-c3ccccc3)cc(/C=N/Nc3ccccc3)c2-c2ccccc2)cc1. The maximum atomic E-state index is 6.21. The number of nitrogens with one attached hydrogen (secondary N) is 1. The lowest BCUT2D eigenvalue weighted by Gasteiger charge is -2.15. The zero-order valence-electron chi connectivity index (χ0n) is 17.9. The van der Waals surface area contributed by atoms with Gasteiger partial charge >= 0.3 is 0 Å². The number of hydrogen-bond acceptors (Lipinski definition) is 2. The van der Waals surface area contributed by atoms with Gasteiger partial charge in [0, 0.05) is 16.3 Å². The molecular weight excluding hydrogens is 426 g/mol. The predicted molar refractivity (Wildman–Crippen MR) is 139 cm³/mol. The summed E-state index contributed by atoms with van der Waals surface area (Å²) in [5, 5.41) is 5.25. The summed E-state index contributed by atoms with van der Waals surface area (Å²) >= 11 is 6.21. The minimum Gasteiger partial charge on any atom is -0.309 e. The van der Waals surface area contributed by atoms with E-state index in [9.17, 15) is 0 Å². The van der Waals surface area contributed by atoms with Crippen molar-refractivity contribution in [3.63, 3.8) is 0 Å². The van der Waals surface area contributed by atoms with Crippen LogP contribution in [-0.2, 0) is 0 Å². The molecule has 0 aliphatic rings. The molecule has 0 saturated heterocycles. The van der Waals surface area contributed by atoms with Crippen molar-refractivity contribution in [2.45, 2.75) is 0 Å². The molecule has 33 heavy (non-hydrogen) atoms. The molecule has 4 heteroatoms. The van der Waals surface area contributed by atoms with Crippen molar-refractivity contribution in [2.24, 2.45) is 5.10 Å². The largest absolute Gasteiger partial charge is 0.309 e. The van der Waals surface area contributed by atoms with E-state index in [2.05, 4.69) is 69.7 Å². The quantitative estimate of drug-likeness (QED) is 0.208. The first-order valence-electron chi connectivity index (χ1n) is 10.8. The summed E-state index contributed by atoms with van der Waals surface area (Å²) in [4.78, 5) is 0. The third kappa shape index (κ3) is 4.59. The monoisotopic (exact) mass is 447 g/mol. The molecule has 0 radical (unpaired) electrons. The lowest BCUT2D eigenvalue weighted by Crippen LogP contribution is -2.00. The Morgan fingerprint density at radius 3 is 1.88 bits per heavy atom. The van der Waals surface area contributed by atoms with Gasteiger partial charge in [0.25, 0.3) is 0 Å². The Kier molecular flexibility index (Phi) is 6.05. The molecular formula is C29H22ClN3.